The minimum atomic E-state index is -0.436. The molecule has 1 aromatic heterocycles. The van der Waals surface area contributed by atoms with Crippen molar-refractivity contribution in [3.8, 4) is 17.2 Å². The third-order valence-corrected chi connectivity index (χ3v) is 7.05. The van der Waals surface area contributed by atoms with Crippen LogP contribution in [0, 0.1) is 6.92 Å². The fourth-order valence-electron chi connectivity index (χ4n) is 3.55. The number of nitrogens with one attached hydrogen (secondary N) is 2. The van der Waals surface area contributed by atoms with E-state index in [0.29, 0.717) is 49.7 Å². The van der Waals surface area contributed by atoms with E-state index in [9.17, 15) is 4.79 Å². The number of nitrogens with zero attached hydrogens (tertiary/aromatic N) is 3. The number of amides is 2. The summed E-state index contributed by atoms with van der Waals surface area (Å²) in [5, 5.41) is 15.9. The molecule has 2 amide bonds. The molecule has 37 heavy (non-hydrogen) atoms. The Bertz CT molecular complexity index is 1410. The van der Waals surface area contributed by atoms with Gasteiger partial charge in [0.05, 0.1) is 37.2 Å². The Morgan fingerprint density at radius 3 is 2.57 bits per heavy atom. The van der Waals surface area contributed by atoms with Gasteiger partial charge in [-0.25, -0.2) is 4.79 Å². The summed E-state index contributed by atoms with van der Waals surface area (Å²) in [6, 6.07) is 18.1. The SMILES string of the molecule is COc1ccc(NC(=O)NCc2nnc(SCc3ccccc3C)n2-c2ccc(Cl)cc2Cl)c(OC)c1. The van der Waals surface area contributed by atoms with Gasteiger partial charge in [-0.1, -0.05) is 59.2 Å². The number of hydrogen-bond donors (Lipinski definition) is 2. The summed E-state index contributed by atoms with van der Waals surface area (Å²) >= 11 is 14.2. The number of ether oxygens (including phenoxy) is 2. The van der Waals surface area contributed by atoms with E-state index >= 15 is 0 Å². The Morgan fingerprint density at radius 2 is 1.84 bits per heavy atom. The average Bonchev–Trinajstić information content (AvgIpc) is 3.29. The van der Waals surface area contributed by atoms with Crippen molar-refractivity contribution < 1.29 is 14.3 Å². The van der Waals surface area contributed by atoms with Gasteiger partial charge in [-0.05, 0) is 48.4 Å². The van der Waals surface area contributed by atoms with Gasteiger partial charge in [0.1, 0.15) is 11.5 Å². The van der Waals surface area contributed by atoms with Gasteiger partial charge in [0, 0.05) is 16.8 Å². The van der Waals surface area contributed by atoms with Crippen molar-refractivity contribution in [3.05, 3.63) is 87.7 Å². The number of carbonyl (C=O) groups excluding carboxylic acids is 1. The van der Waals surface area contributed by atoms with Crippen LogP contribution in [0.3, 0.4) is 0 Å². The van der Waals surface area contributed by atoms with Crippen LogP contribution in [0.25, 0.3) is 5.69 Å². The second-order valence-corrected chi connectivity index (χ2v) is 9.71. The molecule has 0 bridgehead atoms. The molecular formula is C26H25Cl2N5O3S. The van der Waals surface area contributed by atoms with E-state index in [-0.39, 0.29) is 6.54 Å². The van der Waals surface area contributed by atoms with Crippen molar-refractivity contribution >= 4 is 46.7 Å². The van der Waals surface area contributed by atoms with Crippen LogP contribution in [0.1, 0.15) is 17.0 Å². The monoisotopic (exact) mass is 557 g/mol. The second-order valence-electron chi connectivity index (χ2n) is 7.92. The molecule has 0 saturated heterocycles. The minimum Gasteiger partial charge on any atom is -0.497 e. The van der Waals surface area contributed by atoms with Gasteiger partial charge in [-0.2, -0.15) is 0 Å². The number of benzene rings is 3. The maximum absolute atomic E-state index is 12.7. The molecule has 0 saturated carbocycles. The maximum Gasteiger partial charge on any atom is 0.319 e. The first-order chi connectivity index (χ1) is 17.9. The van der Waals surface area contributed by atoms with Crippen molar-refractivity contribution in [2.45, 2.75) is 24.4 Å². The number of anilines is 1. The molecule has 1 heterocycles. The Hall–Kier alpha value is -3.40. The van der Waals surface area contributed by atoms with Gasteiger partial charge in [-0.15, -0.1) is 10.2 Å². The van der Waals surface area contributed by atoms with Crippen molar-refractivity contribution in [1.82, 2.24) is 20.1 Å². The van der Waals surface area contributed by atoms with E-state index in [1.165, 1.54) is 30.0 Å². The molecule has 2 N–H and O–H groups in total. The zero-order chi connectivity index (χ0) is 26.4. The molecule has 0 aliphatic rings. The third-order valence-electron chi connectivity index (χ3n) is 5.53. The van der Waals surface area contributed by atoms with Crippen LogP contribution in [0.4, 0.5) is 10.5 Å². The number of hydrogen-bond acceptors (Lipinski definition) is 6. The quantitative estimate of drug-likeness (QED) is 0.228. The van der Waals surface area contributed by atoms with Gasteiger partial charge < -0.3 is 20.1 Å². The Morgan fingerprint density at radius 1 is 1.03 bits per heavy atom. The van der Waals surface area contributed by atoms with Crippen LogP contribution in [0.15, 0.2) is 65.8 Å². The van der Waals surface area contributed by atoms with Gasteiger partial charge in [-0.3, -0.25) is 4.57 Å². The topological polar surface area (TPSA) is 90.3 Å². The number of aryl methyl sites for hydroxylation is 1. The van der Waals surface area contributed by atoms with Crippen LogP contribution in [0.2, 0.25) is 10.0 Å². The lowest BCUT2D eigenvalue weighted by molar-refractivity contribution is 0.251. The number of halogens is 2. The third kappa shape index (κ3) is 6.49. The van der Waals surface area contributed by atoms with Crippen LogP contribution in [-0.4, -0.2) is 35.0 Å². The summed E-state index contributed by atoms with van der Waals surface area (Å²) in [5.41, 5.74) is 3.55. The van der Waals surface area contributed by atoms with E-state index < -0.39 is 6.03 Å². The first-order valence-corrected chi connectivity index (χ1v) is 13.0. The number of aromatic nitrogens is 3. The molecule has 0 aliphatic heterocycles. The van der Waals surface area contributed by atoms with Gasteiger partial charge in [0.15, 0.2) is 11.0 Å². The summed E-state index contributed by atoms with van der Waals surface area (Å²) in [4.78, 5) is 12.7. The number of carbonyl (C=O) groups is 1. The predicted molar refractivity (Wildman–Crippen MR) is 148 cm³/mol. The van der Waals surface area contributed by atoms with Gasteiger partial charge in [0.25, 0.3) is 0 Å². The summed E-state index contributed by atoms with van der Waals surface area (Å²) in [7, 11) is 3.08. The van der Waals surface area contributed by atoms with Gasteiger partial charge >= 0.3 is 6.03 Å². The number of methoxy groups -OCH3 is 2. The zero-order valence-corrected chi connectivity index (χ0v) is 22.7. The van der Waals surface area contributed by atoms with Crippen molar-refractivity contribution in [2.24, 2.45) is 0 Å². The van der Waals surface area contributed by atoms with Gasteiger partial charge in [0.2, 0.25) is 0 Å². The highest BCUT2D eigenvalue weighted by atomic mass is 35.5. The van der Waals surface area contributed by atoms with E-state index in [0.717, 1.165) is 0 Å². The Kier molecular flexibility index (Phi) is 8.81. The van der Waals surface area contributed by atoms with Crippen LogP contribution in [0.5, 0.6) is 11.5 Å². The van der Waals surface area contributed by atoms with Crippen molar-refractivity contribution in [1.29, 1.82) is 0 Å². The van der Waals surface area contributed by atoms with Crippen LogP contribution < -0.4 is 20.1 Å². The lowest BCUT2D eigenvalue weighted by atomic mass is 10.1. The zero-order valence-electron chi connectivity index (χ0n) is 20.4. The van der Waals surface area contributed by atoms with E-state index in [2.05, 4.69) is 39.9 Å². The lowest BCUT2D eigenvalue weighted by Crippen LogP contribution is -2.29. The molecule has 0 aliphatic carbocycles. The standard InChI is InChI=1S/C26H25Cl2N5O3S/c1-16-6-4-5-7-17(16)15-37-26-32-31-24(33(26)22-11-8-18(27)12-20(22)28)14-29-25(34)30-21-10-9-19(35-2)13-23(21)36-3/h4-13H,14-15H2,1-3H3,(H2,29,30,34). The van der Waals surface area contributed by atoms with E-state index in [4.69, 9.17) is 32.7 Å². The fraction of sp³-hybridized carbons (Fsp3) is 0.192. The Balaban J connectivity index is 1.55. The minimum absolute atomic E-state index is 0.0984. The van der Waals surface area contributed by atoms with Crippen molar-refractivity contribution in [2.75, 3.05) is 19.5 Å². The fourth-order valence-corrected chi connectivity index (χ4v) is 5.09. The summed E-state index contributed by atoms with van der Waals surface area (Å²) in [6.45, 7) is 2.17. The number of rotatable bonds is 9. The highest BCUT2D eigenvalue weighted by molar-refractivity contribution is 7.98. The number of urea groups is 1. The molecule has 0 fully saturated rings. The van der Waals surface area contributed by atoms with E-state index in [1.807, 2.05) is 16.7 Å². The summed E-state index contributed by atoms with van der Waals surface area (Å²) < 4.78 is 12.4. The first-order valence-electron chi connectivity index (χ1n) is 11.2. The molecule has 192 valence electrons. The molecular weight excluding hydrogens is 533 g/mol. The van der Waals surface area contributed by atoms with E-state index in [1.54, 1.807) is 43.5 Å². The molecule has 11 heteroatoms. The molecule has 0 spiro atoms. The average molecular weight is 558 g/mol. The van der Waals surface area contributed by atoms with Crippen LogP contribution in [-0.2, 0) is 12.3 Å². The summed E-state index contributed by atoms with van der Waals surface area (Å²) in [5.74, 6) is 2.29. The Labute approximate surface area is 229 Å². The molecule has 4 aromatic rings. The molecule has 0 atom stereocenters. The summed E-state index contributed by atoms with van der Waals surface area (Å²) in [6.07, 6.45) is 0. The second kappa shape index (κ2) is 12.2. The highest BCUT2D eigenvalue weighted by Crippen LogP contribution is 2.32. The highest BCUT2D eigenvalue weighted by Gasteiger charge is 2.18. The lowest BCUT2D eigenvalue weighted by Gasteiger charge is -2.14. The van der Waals surface area contributed by atoms with Crippen molar-refractivity contribution in [3.63, 3.8) is 0 Å². The smallest absolute Gasteiger partial charge is 0.319 e. The molecule has 0 radical (unpaired) electrons. The largest absolute Gasteiger partial charge is 0.497 e. The number of thioether (sulfide) groups is 1. The molecule has 4 rings (SSSR count). The predicted octanol–water partition coefficient (Wildman–Crippen LogP) is 6.51. The first kappa shape index (κ1) is 26.7. The molecule has 0 unspecified atom stereocenters. The normalized spacial score (nSPS) is 10.7. The molecule has 3 aromatic carbocycles. The molecule has 8 nitrogen and oxygen atoms in total. The van der Waals surface area contributed by atoms with Crippen LogP contribution >= 0.6 is 35.0 Å². The maximum atomic E-state index is 12.7.